The molecule has 2 aromatic rings. The van der Waals surface area contributed by atoms with E-state index in [1.165, 1.54) is 0 Å². The molecule has 1 fully saturated rings. The fourth-order valence-corrected chi connectivity index (χ4v) is 3.35. The minimum atomic E-state index is -0.188. The first-order chi connectivity index (χ1) is 12.1. The maximum atomic E-state index is 14.1. The minimum absolute atomic E-state index is 0.00214. The van der Waals surface area contributed by atoms with Crippen molar-refractivity contribution in [3.05, 3.63) is 64.4 Å². The second-order valence-electron chi connectivity index (χ2n) is 6.18. The standard InChI is InChI=1S/C19H21BrFN3O/c20-17-8-4-5-15(19(17)21)13-23-9-11-24(12-10-23)14-18(25)22-16-6-2-1-3-7-16/h1-8H,9-14H2,(H,22,25). The largest absolute Gasteiger partial charge is 0.325 e. The van der Waals surface area contributed by atoms with Crippen molar-refractivity contribution < 1.29 is 9.18 Å². The molecule has 0 unspecified atom stereocenters. The SMILES string of the molecule is O=C(CN1CCN(Cc2cccc(Br)c2F)CC1)Nc1ccccc1. The van der Waals surface area contributed by atoms with E-state index < -0.39 is 0 Å². The average Bonchev–Trinajstić information content (AvgIpc) is 2.61. The van der Waals surface area contributed by atoms with Gasteiger partial charge in [0.1, 0.15) is 5.82 Å². The van der Waals surface area contributed by atoms with E-state index in [1.807, 2.05) is 42.5 Å². The van der Waals surface area contributed by atoms with Gasteiger partial charge in [-0.15, -0.1) is 0 Å². The number of nitrogens with zero attached hydrogens (tertiary/aromatic N) is 2. The lowest BCUT2D eigenvalue weighted by Crippen LogP contribution is -2.48. The van der Waals surface area contributed by atoms with E-state index in [0.29, 0.717) is 23.1 Å². The van der Waals surface area contributed by atoms with Crippen LogP contribution in [0.5, 0.6) is 0 Å². The quantitative estimate of drug-likeness (QED) is 0.828. The first-order valence-corrected chi connectivity index (χ1v) is 9.13. The summed E-state index contributed by atoms with van der Waals surface area (Å²) in [6, 6.07) is 14.9. The number of benzene rings is 2. The van der Waals surface area contributed by atoms with Gasteiger partial charge in [0.25, 0.3) is 0 Å². The Labute approximate surface area is 155 Å². The summed E-state index contributed by atoms with van der Waals surface area (Å²) in [4.78, 5) is 16.5. The van der Waals surface area contributed by atoms with Crippen LogP contribution >= 0.6 is 15.9 Å². The van der Waals surface area contributed by atoms with Gasteiger partial charge in [0, 0.05) is 44.0 Å². The van der Waals surface area contributed by atoms with Crippen LogP contribution in [0, 0.1) is 5.82 Å². The molecule has 1 N–H and O–H groups in total. The van der Waals surface area contributed by atoms with Crippen LogP contribution in [0.2, 0.25) is 0 Å². The number of rotatable bonds is 5. The van der Waals surface area contributed by atoms with Crippen molar-refractivity contribution in [1.82, 2.24) is 9.80 Å². The third-order valence-electron chi connectivity index (χ3n) is 4.32. The third-order valence-corrected chi connectivity index (χ3v) is 4.93. The van der Waals surface area contributed by atoms with Crippen molar-refractivity contribution >= 4 is 27.5 Å². The fraction of sp³-hybridized carbons (Fsp3) is 0.316. The number of nitrogens with one attached hydrogen (secondary N) is 1. The summed E-state index contributed by atoms with van der Waals surface area (Å²) < 4.78 is 14.6. The zero-order valence-corrected chi connectivity index (χ0v) is 15.5. The number of carbonyl (C=O) groups is 1. The molecule has 1 aliphatic rings. The van der Waals surface area contributed by atoms with Gasteiger partial charge >= 0.3 is 0 Å². The Hall–Kier alpha value is -1.76. The van der Waals surface area contributed by atoms with Crippen molar-refractivity contribution in [3.8, 4) is 0 Å². The lowest BCUT2D eigenvalue weighted by Gasteiger charge is -2.34. The Bertz CT molecular complexity index is 718. The van der Waals surface area contributed by atoms with Crippen LogP contribution in [0.1, 0.15) is 5.56 Å². The molecule has 1 saturated heterocycles. The fourth-order valence-electron chi connectivity index (χ4n) is 2.94. The molecule has 0 aromatic heterocycles. The van der Waals surface area contributed by atoms with E-state index >= 15 is 0 Å². The zero-order chi connectivity index (χ0) is 17.6. The van der Waals surface area contributed by atoms with Gasteiger partial charge in [0.2, 0.25) is 5.91 Å². The van der Waals surface area contributed by atoms with Crippen molar-refractivity contribution in [2.24, 2.45) is 0 Å². The van der Waals surface area contributed by atoms with Crippen LogP contribution in [0.15, 0.2) is 53.0 Å². The molecule has 0 bridgehead atoms. The van der Waals surface area contributed by atoms with E-state index in [0.717, 1.165) is 31.9 Å². The summed E-state index contributed by atoms with van der Waals surface area (Å²) in [5.41, 5.74) is 1.51. The van der Waals surface area contributed by atoms with E-state index in [9.17, 15) is 9.18 Å². The first-order valence-electron chi connectivity index (χ1n) is 8.34. The van der Waals surface area contributed by atoms with Gasteiger partial charge < -0.3 is 5.32 Å². The monoisotopic (exact) mass is 405 g/mol. The summed E-state index contributed by atoms with van der Waals surface area (Å²) in [5, 5.41) is 2.90. The molecular weight excluding hydrogens is 385 g/mol. The summed E-state index contributed by atoms with van der Waals surface area (Å²) in [6.07, 6.45) is 0. The van der Waals surface area contributed by atoms with Crippen LogP contribution in [0.4, 0.5) is 10.1 Å². The summed E-state index contributed by atoms with van der Waals surface area (Å²) >= 11 is 3.23. The maximum Gasteiger partial charge on any atom is 0.238 e. The van der Waals surface area contributed by atoms with Gasteiger partial charge in [-0.3, -0.25) is 14.6 Å². The van der Waals surface area contributed by atoms with Gasteiger partial charge in [-0.1, -0.05) is 30.3 Å². The van der Waals surface area contributed by atoms with Crippen LogP contribution in [-0.4, -0.2) is 48.4 Å². The van der Waals surface area contributed by atoms with E-state index in [1.54, 1.807) is 6.07 Å². The second kappa shape index (κ2) is 8.56. The molecule has 0 spiro atoms. The van der Waals surface area contributed by atoms with E-state index in [-0.39, 0.29) is 11.7 Å². The predicted molar refractivity (Wildman–Crippen MR) is 101 cm³/mol. The number of amides is 1. The topological polar surface area (TPSA) is 35.6 Å². The Morgan fingerprint density at radius 1 is 1.00 bits per heavy atom. The molecule has 4 nitrogen and oxygen atoms in total. The molecule has 0 atom stereocenters. The lowest BCUT2D eigenvalue weighted by atomic mass is 10.2. The third kappa shape index (κ3) is 5.11. The van der Waals surface area contributed by atoms with Crippen molar-refractivity contribution in [2.75, 3.05) is 38.0 Å². The highest BCUT2D eigenvalue weighted by molar-refractivity contribution is 9.10. The molecule has 6 heteroatoms. The van der Waals surface area contributed by atoms with Gasteiger partial charge in [0.15, 0.2) is 0 Å². The van der Waals surface area contributed by atoms with Gasteiger partial charge in [-0.2, -0.15) is 0 Å². The maximum absolute atomic E-state index is 14.1. The average molecular weight is 406 g/mol. The lowest BCUT2D eigenvalue weighted by molar-refractivity contribution is -0.117. The second-order valence-corrected chi connectivity index (χ2v) is 7.03. The van der Waals surface area contributed by atoms with Crippen LogP contribution < -0.4 is 5.32 Å². The molecule has 2 aromatic carbocycles. The molecule has 1 heterocycles. The summed E-state index contributed by atoms with van der Waals surface area (Å²) in [6.45, 7) is 4.23. The minimum Gasteiger partial charge on any atom is -0.325 e. The predicted octanol–water partition coefficient (Wildman–Crippen LogP) is 3.34. The number of hydrogen-bond acceptors (Lipinski definition) is 3. The molecule has 25 heavy (non-hydrogen) atoms. The highest BCUT2D eigenvalue weighted by atomic mass is 79.9. The summed E-state index contributed by atoms with van der Waals surface area (Å²) in [7, 11) is 0. The highest BCUT2D eigenvalue weighted by Crippen LogP contribution is 2.20. The molecule has 1 amide bonds. The van der Waals surface area contributed by atoms with Gasteiger partial charge in [-0.25, -0.2) is 4.39 Å². The van der Waals surface area contributed by atoms with Gasteiger partial charge in [0.05, 0.1) is 11.0 Å². The molecule has 3 rings (SSSR count). The number of hydrogen-bond donors (Lipinski definition) is 1. The van der Waals surface area contributed by atoms with Crippen molar-refractivity contribution in [2.45, 2.75) is 6.54 Å². The number of anilines is 1. The van der Waals surface area contributed by atoms with Gasteiger partial charge in [-0.05, 0) is 34.1 Å². The Morgan fingerprint density at radius 3 is 2.40 bits per heavy atom. The highest BCUT2D eigenvalue weighted by Gasteiger charge is 2.20. The Balaban J connectivity index is 1.45. The smallest absolute Gasteiger partial charge is 0.238 e. The van der Waals surface area contributed by atoms with E-state index in [2.05, 4.69) is 31.0 Å². The Morgan fingerprint density at radius 2 is 1.68 bits per heavy atom. The molecule has 1 aliphatic heterocycles. The van der Waals surface area contributed by atoms with Crippen molar-refractivity contribution in [1.29, 1.82) is 0 Å². The number of carbonyl (C=O) groups excluding carboxylic acids is 1. The number of piperazine rings is 1. The normalized spacial score (nSPS) is 15.9. The molecule has 0 aliphatic carbocycles. The number of halogens is 2. The number of para-hydroxylation sites is 1. The van der Waals surface area contributed by atoms with Crippen molar-refractivity contribution in [3.63, 3.8) is 0 Å². The first kappa shape index (κ1) is 18.0. The molecular formula is C19H21BrFN3O. The Kier molecular flexibility index (Phi) is 6.18. The zero-order valence-electron chi connectivity index (χ0n) is 13.9. The molecule has 132 valence electrons. The van der Waals surface area contributed by atoms with Crippen LogP contribution in [0.3, 0.4) is 0 Å². The molecule has 0 radical (unpaired) electrons. The molecule has 0 saturated carbocycles. The van der Waals surface area contributed by atoms with Crippen LogP contribution in [0.25, 0.3) is 0 Å². The van der Waals surface area contributed by atoms with Crippen LogP contribution in [-0.2, 0) is 11.3 Å². The van der Waals surface area contributed by atoms with E-state index in [4.69, 9.17) is 0 Å². The summed E-state index contributed by atoms with van der Waals surface area (Å²) in [5.74, 6) is -0.190.